The molecule has 2 atom stereocenters. The summed E-state index contributed by atoms with van der Waals surface area (Å²) in [6.45, 7) is 8.15. The fraction of sp³-hybridized carbons (Fsp3) is 1.00. The van der Waals surface area contributed by atoms with Crippen molar-refractivity contribution in [2.75, 3.05) is 6.61 Å². The molecule has 2 N–H and O–H groups in total. The molecule has 0 heterocycles. The van der Waals surface area contributed by atoms with Crippen LogP contribution in [0, 0.1) is 5.92 Å². The van der Waals surface area contributed by atoms with Crippen LogP contribution in [0.4, 0.5) is 0 Å². The molecule has 3 nitrogen and oxygen atoms in total. The summed E-state index contributed by atoms with van der Waals surface area (Å²) in [6.07, 6.45) is 3.35. The molecule has 0 spiro atoms. The molecule has 0 saturated carbocycles. The fourth-order valence-electron chi connectivity index (χ4n) is 1.79. The Bertz CT molecular complexity index is 160. The molecule has 0 aromatic heterocycles. The van der Waals surface area contributed by atoms with Gasteiger partial charge in [0.05, 0.1) is 6.61 Å². The highest BCUT2D eigenvalue weighted by Gasteiger charge is 2.36. The molecule has 15 heavy (non-hydrogen) atoms. The molecule has 0 bridgehead atoms. The number of hydrogen-bond donors (Lipinski definition) is 2. The first kappa shape index (κ1) is 15.1. The summed E-state index contributed by atoms with van der Waals surface area (Å²) in [4.78, 5) is 0. The molecule has 0 aliphatic carbocycles. The summed E-state index contributed by atoms with van der Waals surface area (Å²) in [7, 11) is -1.28. The molecule has 0 aliphatic rings. The first-order valence-electron chi connectivity index (χ1n) is 6.01. The van der Waals surface area contributed by atoms with Gasteiger partial charge in [0, 0.05) is 12.3 Å². The zero-order chi connectivity index (χ0) is 11.9. The van der Waals surface area contributed by atoms with E-state index >= 15 is 0 Å². The van der Waals surface area contributed by atoms with Crippen molar-refractivity contribution in [1.82, 2.24) is 0 Å². The quantitative estimate of drug-likeness (QED) is 0.498. The standard InChI is InChI=1S/C11H26O3Si/c1-5-7-8-11(13,14-15(3)4)10(6-2)9-12/h10,12-13,15H,5-9H2,1-4H3. The molecule has 0 radical (unpaired) electrons. The Hall–Kier alpha value is 0.0969. The van der Waals surface area contributed by atoms with Gasteiger partial charge in [-0.2, -0.15) is 0 Å². The average molecular weight is 234 g/mol. The van der Waals surface area contributed by atoms with Crippen LogP contribution in [0.2, 0.25) is 13.1 Å². The normalized spacial score (nSPS) is 17.8. The summed E-state index contributed by atoms with van der Waals surface area (Å²) in [6, 6.07) is 0. The van der Waals surface area contributed by atoms with E-state index in [-0.39, 0.29) is 12.5 Å². The third-order valence-electron chi connectivity index (χ3n) is 2.68. The second-order valence-electron chi connectivity index (χ2n) is 4.40. The second-order valence-corrected chi connectivity index (χ2v) is 6.74. The minimum absolute atomic E-state index is 0.00215. The second kappa shape index (κ2) is 7.38. The van der Waals surface area contributed by atoms with E-state index < -0.39 is 14.8 Å². The smallest absolute Gasteiger partial charge is 0.174 e. The Morgan fingerprint density at radius 2 is 1.93 bits per heavy atom. The van der Waals surface area contributed by atoms with E-state index in [1.807, 2.05) is 20.0 Å². The van der Waals surface area contributed by atoms with Gasteiger partial charge in [0.15, 0.2) is 14.8 Å². The molecular weight excluding hydrogens is 208 g/mol. The van der Waals surface area contributed by atoms with Gasteiger partial charge in [-0.3, -0.25) is 0 Å². The molecule has 0 rings (SSSR count). The highest BCUT2D eigenvalue weighted by molar-refractivity contribution is 6.48. The predicted octanol–water partition coefficient (Wildman–Crippen LogP) is 1.88. The number of unbranched alkanes of at least 4 members (excludes halogenated alkanes) is 1. The lowest BCUT2D eigenvalue weighted by Gasteiger charge is -2.36. The Balaban J connectivity index is 4.50. The van der Waals surface area contributed by atoms with Crippen LogP contribution in [-0.4, -0.2) is 31.6 Å². The molecule has 0 aliphatic heterocycles. The lowest BCUT2D eigenvalue weighted by Crippen LogP contribution is -2.45. The molecule has 0 saturated heterocycles. The van der Waals surface area contributed by atoms with Crippen molar-refractivity contribution in [1.29, 1.82) is 0 Å². The number of aliphatic hydroxyl groups is 2. The van der Waals surface area contributed by atoms with Crippen LogP contribution in [-0.2, 0) is 4.43 Å². The highest BCUT2D eigenvalue weighted by atomic mass is 28.3. The number of rotatable bonds is 8. The Morgan fingerprint density at radius 1 is 1.33 bits per heavy atom. The van der Waals surface area contributed by atoms with Crippen molar-refractivity contribution >= 4 is 9.04 Å². The lowest BCUT2D eigenvalue weighted by molar-refractivity contribution is -0.196. The van der Waals surface area contributed by atoms with Crippen molar-refractivity contribution < 1.29 is 14.6 Å². The van der Waals surface area contributed by atoms with Gasteiger partial charge in [0.25, 0.3) is 0 Å². The molecule has 2 unspecified atom stereocenters. The van der Waals surface area contributed by atoms with Gasteiger partial charge in [0.2, 0.25) is 0 Å². The van der Waals surface area contributed by atoms with E-state index in [0.29, 0.717) is 6.42 Å². The predicted molar refractivity (Wildman–Crippen MR) is 65.3 cm³/mol. The monoisotopic (exact) mass is 234 g/mol. The van der Waals surface area contributed by atoms with Crippen molar-refractivity contribution in [3.8, 4) is 0 Å². The topological polar surface area (TPSA) is 49.7 Å². The average Bonchev–Trinajstić information content (AvgIpc) is 2.15. The molecule has 4 heteroatoms. The van der Waals surface area contributed by atoms with Crippen LogP contribution < -0.4 is 0 Å². The summed E-state index contributed by atoms with van der Waals surface area (Å²) in [5.41, 5.74) is 0. The molecule has 0 aromatic rings. The van der Waals surface area contributed by atoms with Crippen LogP contribution in [0.25, 0.3) is 0 Å². The lowest BCUT2D eigenvalue weighted by atomic mass is 9.92. The zero-order valence-corrected chi connectivity index (χ0v) is 11.6. The minimum atomic E-state index is -1.28. The third kappa shape index (κ3) is 5.11. The maximum Gasteiger partial charge on any atom is 0.174 e. The first-order valence-corrected chi connectivity index (χ1v) is 8.79. The molecular formula is C11H26O3Si. The van der Waals surface area contributed by atoms with E-state index in [4.69, 9.17) is 4.43 Å². The van der Waals surface area contributed by atoms with E-state index in [1.54, 1.807) is 0 Å². The third-order valence-corrected chi connectivity index (χ3v) is 3.56. The van der Waals surface area contributed by atoms with E-state index in [1.165, 1.54) is 0 Å². The van der Waals surface area contributed by atoms with Gasteiger partial charge in [-0.05, 0) is 25.9 Å². The SMILES string of the molecule is CCCCC(O)(O[SiH](C)C)C(CC)CO. The van der Waals surface area contributed by atoms with Crippen molar-refractivity contribution in [3.63, 3.8) is 0 Å². The van der Waals surface area contributed by atoms with Gasteiger partial charge >= 0.3 is 0 Å². The van der Waals surface area contributed by atoms with Gasteiger partial charge in [-0.25, -0.2) is 0 Å². The summed E-state index contributed by atoms with van der Waals surface area (Å²) >= 11 is 0. The van der Waals surface area contributed by atoms with Gasteiger partial charge in [0.1, 0.15) is 0 Å². The van der Waals surface area contributed by atoms with E-state index in [0.717, 1.165) is 19.3 Å². The van der Waals surface area contributed by atoms with Crippen molar-refractivity contribution in [3.05, 3.63) is 0 Å². The van der Waals surface area contributed by atoms with E-state index in [9.17, 15) is 10.2 Å². The van der Waals surface area contributed by atoms with Gasteiger partial charge < -0.3 is 14.6 Å². The Labute approximate surface area is 95.2 Å². The van der Waals surface area contributed by atoms with Crippen molar-refractivity contribution in [2.45, 2.75) is 58.4 Å². The summed E-state index contributed by atoms with van der Waals surface area (Å²) in [5, 5.41) is 19.7. The van der Waals surface area contributed by atoms with Crippen LogP contribution >= 0.6 is 0 Å². The van der Waals surface area contributed by atoms with Crippen molar-refractivity contribution in [2.24, 2.45) is 5.92 Å². The fourth-order valence-corrected chi connectivity index (χ4v) is 2.91. The van der Waals surface area contributed by atoms with Crippen LogP contribution in [0.3, 0.4) is 0 Å². The zero-order valence-electron chi connectivity index (χ0n) is 10.5. The molecule has 0 fully saturated rings. The molecule has 92 valence electrons. The maximum atomic E-state index is 10.4. The largest absolute Gasteiger partial charge is 0.396 e. The molecule has 0 amide bonds. The van der Waals surface area contributed by atoms with E-state index in [2.05, 4.69) is 6.92 Å². The molecule has 0 aromatic carbocycles. The Morgan fingerprint density at radius 3 is 2.27 bits per heavy atom. The number of aliphatic hydroxyl groups excluding tert-OH is 1. The number of hydrogen-bond acceptors (Lipinski definition) is 3. The van der Waals surface area contributed by atoms with Crippen LogP contribution in [0.1, 0.15) is 39.5 Å². The summed E-state index contributed by atoms with van der Waals surface area (Å²) < 4.78 is 5.72. The van der Waals surface area contributed by atoms with Gasteiger partial charge in [-0.1, -0.05) is 20.3 Å². The first-order chi connectivity index (χ1) is 7.00. The van der Waals surface area contributed by atoms with Gasteiger partial charge in [-0.15, -0.1) is 0 Å². The minimum Gasteiger partial charge on any atom is -0.396 e. The summed E-state index contributed by atoms with van der Waals surface area (Å²) in [5.74, 6) is -1.25. The highest BCUT2D eigenvalue weighted by Crippen LogP contribution is 2.28. The van der Waals surface area contributed by atoms with Crippen LogP contribution in [0.15, 0.2) is 0 Å². The maximum absolute atomic E-state index is 10.4. The Kier molecular flexibility index (Phi) is 7.43. The van der Waals surface area contributed by atoms with Crippen LogP contribution in [0.5, 0.6) is 0 Å².